The summed E-state index contributed by atoms with van der Waals surface area (Å²) < 4.78 is 5.23. The minimum Gasteiger partial charge on any atom is -0.465 e. The van der Waals surface area contributed by atoms with E-state index in [1.807, 2.05) is 0 Å². The summed E-state index contributed by atoms with van der Waals surface area (Å²) in [5.41, 5.74) is 0. The Labute approximate surface area is 92.6 Å². The number of hydrogen-bond acceptors (Lipinski definition) is 3. The second-order valence-electron chi connectivity index (χ2n) is 4.69. The molecule has 1 rings (SSSR count). The lowest BCUT2D eigenvalue weighted by Gasteiger charge is -2.11. The molecular formula is C12H23NO2. The lowest BCUT2D eigenvalue weighted by Crippen LogP contribution is -2.26. The van der Waals surface area contributed by atoms with Gasteiger partial charge in [-0.15, -0.1) is 0 Å². The Morgan fingerprint density at radius 2 is 2.07 bits per heavy atom. The van der Waals surface area contributed by atoms with E-state index in [0.29, 0.717) is 25.0 Å². The van der Waals surface area contributed by atoms with Gasteiger partial charge in [0.25, 0.3) is 0 Å². The monoisotopic (exact) mass is 213 g/mol. The molecule has 1 aliphatic rings. The summed E-state index contributed by atoms with van der Waals surface area (Å²) in [4.78, 5) is 11.3. The molecule has 3 heteroatoms. The lowest BCUT2D eigenvalue weighted by molar-refractivity contribution is -0.144. The molecule has 1 fully saturated rings. The highest BCUT2D eigenvalue weighted by Crippen LogP contribution is 2.24. The van der Waals surface area contributed by atoms with Gasteiger partial charge >= 0.3 is 5.97 Å². The third-order valence-corrected chi connectivity index (χ3v) is 2.84. The molecule has 0 aliphatic heterocycles. The average Bonchev–Trinajstić information content (AvgIpc) is 2.66. The zero-order valence-corrected chi connectivity index (χ0v) is 9.92. The molecule has 0 bridgehead atoms. The van der Waals surface area contributed by atoms with E-state index >= 15 is 0 Å². The number of carbonyl (C=O) groups is 1. The van der Waals surface area contributed by atoms with Gasteiger partial charge in [0.15, 0.2) is 0 Å². The number of rotatable bonds is 6. The van der Waals surface area contributed by atoms with Gasteiger partial charge in [0.05, 0.1) is 13.0 Å². The van der Waals surface area contributed by atoms with Crippen molar-refractivity contribution in [3.63, 3.8) is 0 Å². The highest BCUT2D eigenvalue weighted by atomic mass is 16.5. The first-order valence-corrected chi connectivity index (χ1v) is 6.07. The molecule has 0 aromatic rings. The van der Waals surface area contributed by atoms with Crippen LogP contribution in [0.3, 0.4) is 0 Å². The van der Waals surface area contributed by atoms with Crippen LogP contribution in [-0.2, 0) is 9.53 Å². The Morgan fingerprint density at radius 1 is 1.40 bits per heavy atom. The van der Waals surface area contributed by atoms with E-state index in [-0.39, 0.29) is 5.97 Å². The van der Waals surface area contributed by atoms with Crippen molar-refractivity contribution in [2.45, 2.75) is 52.0 Å². The summed E-state index contributed by atoms with van der Waals surface area (Å²) in [6, 6.07) is 0.438. The Morgan fingerprint density at radius 3 is 2.67 bits per heavy atom. The van der Waals surface area contributed by atoms with Crippen LogP contribution in [-0.4, -0.2) is 25.2 Å². The summed E-state index contributed by atoms with van der Waals surface area (Å²) in [5, 5.41) is 3.20. The molecule has 0 saturated heterocycles. The van der Waals surface area contributed by atoms with Crippen molar-refractivity contribution in [1.82, 2.24) is 5.32 Å². The molecule has 1 aliphatic carbocycles. The summed E-state index contributed by atoms with van der Waals surface area (Å²) in [6.45, 7) is 5.51. The lowest BCUT2D eigenvalue weighted by atomic mass is 10.1. The van der Waals surface area contributed by atoms with Crippen LogP contribution in [0.1, 0.15) is 46.0 Å². The van der Waals surface area contributed by atoms with Gasteiger partial charge < -0.3 is 10.1 Å². The third-order valence-electron chi connectivity index (χ3n) is 2.84. The van der Waals surface area contributed by atoms with E-state index in [1.165, 1.54) is 25.7 Å². The minimum absolute atomic E-state index is 0.0601. The van der Waals surface area contributed by atoms with E-state index in [1.54, 1.807) is 0 Å². The van der Waals surface area contributed by atoms with Gasteiger partial charge in [-0.25, -0.2) is 0 Å². The first-order chi connectivity index (χ1) is 7.18. The zero-order chi connectivity index (χ0) is 11.1. The first-order valence-electron chi connectivity index (χ1n) is 6.07. The van der Waals surface area contributed by atoms with Crippen molar-refractivity contribution >= 4 is 5.97 Å². The molecule has 88 valence electrons. The van der Waals surface area contributed by atoms with Crippen LogP contribution in [0.4, 0.5) is 0 Å². The van der Waals surface area contributed by atoms with Gasteiger partial charge in [-0.3, -0.25) is 4.79 Å². The second-order valence-corrected chi connectivity index (χ2v) is 4.69. The normalized spacial score (nSPS) is 17.3. The Kier molecular flexibility index (Phi) is 5.69. The highest BCUT2D eigenvalue weighted by molar-refractivity contribution is 5.69. The number of nitrogens with one attached hydrogen (secondary N) is 1. The van der Waals surface area contributed by atoms with Crippen LogP contribution in [0.2, 0.25) is 0 Å². The summed E-state index contributed by atoms with van der Waals surface area (Å²) in [5.74, 6) is 0.571. The average molecular weight is 213 g/mol. The van der Waals surface area contributed by atoms with E-state index in [2.05, 4.69) is 19.2 Å². The highest BCUT2D eigenvalue weighted by Gasteiger charge is 2.16. The molecule has 15 heavy (non-hydrogen) atoms. The fourth-order valence-corrected chi connectivity index (χ4v) is 1.92. The fourth-order valence-electron chi connectivity index (χ4n) is 1.92. The van der Waals surface area contributed by atoms with Crippen LogP contribution in [0, 0.1) is 5.92 Å². The third kappa shape index (κ3) is 5.78. The Balaban J connectivity index is 1.98. The molecule has 0 aromatic carbocycles. The van der Waals surface area contributed by atoms with Gasteiger partial charge in [0.1, 0.15) is 0 Å². The Hall–Kier alpha value is -0.570. The standard InChI is InChI=1S/C12H23NO2/c1-10(2)13-8-7-12(14)15-9-11-5-3-4-6-11/h10-11,13H,3-9H2,1-2H3. The predicted octanol–water partition coefficient (Wildman–Crippen LogP) is 2.11. The van der Waals surface area contributed by atoms with E-state index in [9.17, 15) is 4.79 Å². The van der Waals surface area contributed by atoms with Gasteiger partial charge in [-0.1, -0.05) is 26.7 Å². The van der Waals surface area contributed by atoms with Crippen LogP contribution in [0.15, 0.2) is 0 Å². The van der Waals surface area contributed by atoms with Crippen molar-refractivity contribution in [3.05, 3.63) is 0 Å². The SMILES string of the molecule is CC(C)NCCC(=O)OCC1CCCC1. The summed E-state index contributed by atoms with van der Waals surface area (Å²) >= 11 is 0. The van der Waals surface area contributed by atoms with Gasteiger partial charge in [0.2, 0.25) is 0 Å². The molecule has 1 N–H and O–H groups in total. The van der Waals surface area contributed by atoms with Crippen molar-refractivity contribution in [1.29, 1.82) is 0 Å². The smallest absolute Gasteiger partial charge is 0.307 e. The van der Waals surface area contributed by atoms with Crippen LogP contribution in [0.5, 0.6) is 0 Å². The van der Waals surface area contributed by atoms with Gasteiger partial charge in [-0.2, -0.15) is 0 Å². The fraction of sp³-hybridized carbons (Fsp3) is 0.917. The number of carbonyl (C=O) groups excluding carboxylic acids is 1. The quantitative estimate of drug-likeness (QED) is 0.687. The maximum atomic E-state index is 11.3. The van der Waals surface area contributed by atoms with E-state index in [4.69, 9.17) is 4.74 Å². The van der Waals surface area contributed by atoms with Crippen LogP contribution in [0.25, 0.3) is 0 Å². The Bertz CT molecular complexity index is 186. The van der Waals surface area contributed by atoms with Crippen molar-refractivity contribution in [2.24, 2.45) is 5.92 Å². The molecule has 0 radical (unpaired) electrons. The van der Waals surface area contributed by atoms with E-state index < -0.39 is 0 Å². The van der Waals surface area contributed by atoms with Crippen LogP contribution < -0.4 is 5.32 Å². The predicted molar refractivity (Wildman–Crippen MR) is 60.7 cm³/mol. The van der Waals surface area contributed by atoms with Crippen LogP contribution >= 0.6 is 0 Å². The maximum absolute atomic E-state index is 11.3. The number of ether oxygens (including phenoxy) is 1. The minimum atomic E-state index is -0.0601. The van der Waals surface area contributed by atoms with Crippen molar-refractivity contribution in [2.75, 3.05) is 13.2 Å². The summed E-state index contributed by atoms with van der Waals surface area (Å²) in [7, 11) is 0. The molecule has 3 nitrogen and oxygen atoms in total. The maximum Gasteiger partial charge on any atom is 0.307 e. The molecule has 0 amide bonds. The molecular weight excluding hydrogens is 190 g/mol. The molecule has 1 saturated carbocycles. The van der Waals surface area contributed by atoms with Crippen molar-refractivity contribution < 1.29 is 9.53 Å². The number of esters is 1. The summed E-state index contributed by atoms with van der Waals surface area (Å²) in [6.07, 6.45) is 5.56. The van der Waals surface area contributed by atoms with Crippen molar-refractivity contribution in [3.8, 4) is 0 Å². The number of hydrogen-bond donors (Lipinski definition) is 1. The first kappa shape index (κ1) is 12.5. The second kappa shape index (κ2) is 6.83. The largest absolute Gasteiger partial charge is 0.465 e. The molecule has 0 heterocycles. The zero-order valence-electron chi connectivity index (χ0n) is 9.92. The molecule has 0 spiro atoms. The van der Waals surface area contributed by atoms with E-state index in [0.717, 1.165) is 6.54 Å². The molecule has 0 aromatic heterocycles. The van der Waals surface area contributed by atoms with Gasteiger partial charge in [-0.05, 0) is 18.8 Å². The molecule has 0 atom stereocenters. The topological polar surface area (TPSA) is 38.3 Å². The molecule has 0 unspecified atom stereocenters. The van der Waals surface area contributed by atoms with Gasteiger partial charge in [0, 0.05) is 12.6 Å².